The first kappa shape index (κ1) is 8.45. The zero-order valence-electron chi connectivity index (χ0n) is 7.78. The number of ketones is 1. The average molecular weight is 176 g/mol. The van der Waals surface area contributed by atoms with E-state index in [2.05, 4.69) is 0 Å². The van der Waals surface area contributed by atoms with Gasteiger partial charge in [0.05, 0.1) is 0 Å². The molecule has 1 saturated heterocycles. The van der Waals surface area contributed by atoms with E-state index in [4.69, 9.17) is 4.74 Å². The Morgan fingerprint density at radius 3 is 2.38 bits per heavy atom. The van der Waals surface area contributed by atoms with E-state index in [1.54, 1.807) is 6.92 Å². The van der Waals surface area contributed by atoms with Crippen molar-refractivity contribution in [3.05, 3.63) is 35.4 Å². The molecule has 1 heterocycles. The Morgan fingerprint density at radius 1 is 1.31 bits per heavy atom. The predicted molar refractivity (Wildman–Crippen MR) is 49.5 cm³/mol. The molecule has 1 aliphatic rings. The molecule has 2 rings (SSSR count). The van der Waals surface area contributed by atoms with Gasteiger partial charge in [-0.2, -0.15) is 0 Å². The van der Waals surface area contributed by atoms with Crippen LogP contribution in [0.5, 0.6) is 0 Å². The molecule has 1 aromatic carbocycles. The molecule has 2 atom stereocenters. The van der Waals surface area contributed by atoms with Crippen LogP contribution in [0.15, 0.2) is 24.3 Å². The molecule has 1 aromatic rings. The van der Waals surface area contributed by atoms with Gasteiger partial charge < -0.3 is 4.74 Å². The predicted octanol–water partition coefficient (Wildman–Crippen LogP) is 2.02. The van der Waals surface area contributed by atoms with Crippen molar-refractivity contribution in [1.82, 2.24) is 0 Å². The lowest BCUT2D eigenvalue weighted by Gasteiger charge is -1.95. The van der Waals surface area contributed by atoms with E-state index in [9.17, 15) is 4.79 Å². The Bertz CT molecular complexity index is 326. The number of carbonyl (C=O) groups excluding carboxylic acids is 1. The minimum atomic E-state index is -0.192. The Morgan fingerprint density at radius 2 is 1.92 bits per heavy atom. The maximum absolute atomic E-state index is 10.9. The van der Waals surface area contributed by atoms with E-state index < -0.39 is 0 Å². The maximum atomic E-state index is 10.9. The molecule has 68 valence electrons. The first-order valence-electron chi connectivity index (χ1n) is 4.41. The Hall–Kier alpha value is -1.15. The van der Waals surface area contributed by atoms with Gasteiger partial charge in [-0.05, 0) is 19.4 Å². The number of Topliss-reactive ketones (excluding diaryl/α,β-unsaturated/α-hetero) is 1. The van der Waals surface area contributed by atoms with Crippen molar-refractivity contribution in [2.45, 2.75) is 26.1 Å². The van der Waals surface area contributed by atoms with Crippen LogP contribution in [0.3, 0.4) is 0 Å². The normalized spacial score (nSPS) is 25.7. The molecule has 1 fully saturated rings. The van der Waals surface area contributed by atoms with Gasteiger partial charge in [-0.1, -0.05) is 29.8 Å². The number of rotatable bonds is 2. The Kier molecular flexibility index (Phi) is 1.93. The lowest BCUT2D eigenvalue weighted by Crippen LogP contribution is -2.00. The zero-order chi connectivity index (χ0) is 9.42. The monoisotopic (exact) mass is 176 g/mol. The molecule has 0 bridgehead atoms. The summed E-state index contributed by atoms with van der Waals surface area (Å²) in [7, 11) is 0. The minimum Gasteiger partial charge on any atom is -0.356 e. The van der Waals surface area contributed by atoms with E-state index in [1.165, 1.54) is 5.56 Å². The SMILES string of the molecule is CC(=O)C1OC1c1ccc(C)cc1. The van der Waals surface area contributed by atoms with Crippen LogP contribution in [-0.2, 0) is 9.53 Å². The molecule has 0 amide bonds. The van der Waals surface area contributed by atoms with Crippen LogP contribution < -0.4 is 0 Å². The van der Waals surface area contributed by atoms with Gasteiger partial charge in [-0.15, -0.1) is 0 Å². The molecule has 13 heavy (non-hydrogen) atoms. The largest absolute Gasteiger partial charge is 0.356 e. The van der Waals surface area contributed by atoms with Crippen molar-refractivity contribution in [2.75, 3.05) is 0 Å². The standard InChI is InChI=1S/C11H12O2/c1-7-3-5-9(6-4-7)11-10(13-11)8(2)12/h3-6,10-11H,1-2H3. The van der Waals surface area contributed by atoms with Crippen molar-refractivity contribution >= 4 is 5.78 Å². The Labute approximate surface area is 77.5 Å². The number of carbonyl (C=O) groups is 1. The highest BCUT2D eigenvalue weighted by atomic mass is 16.6. The summed E-state index contributed by atoms with van der Waals surface area (Å²) in [5.41, 5.74) is 2.33. The molecule has 0 saturated carbocycles. The van der Waals surface area contributed by atoms with E-state index >= 15 is 0 Å². The lowest BCUT2D eigenvalue weighted by molar-refractivity contribution is -0.118. The highest BCUT2D eigenvalue weighted by Gasteiger charge is 2.43. The van der Waals surface area contributed by atoms with E-state index in [1.807, 2.05) is 31.2 Å². The van der Waals surface area contributed by atoms with E-state index in [-0.39, 0.29) is 18.0 Å². The summed E-state index contributed by atoms with van der Waals surface area (Å²) in [6.07, 6.45) is -0.180. The van der Waals surface area contributed by atoms with Gasteiger partial charge in [0.15, 0.2) is 5.78 Å². The summed E-state index contributed by atoms with van der Waals surface area (Å²) in [6, 6.07) is 8.11. The van der Waals surface area contributed by atoms with Crippen molar-refractivity contribution in [3.8, 4) is 0 Å². The lowest BCUT2D eigenvalue weighted by atomic mass is 10.1. The van der Waals surface area contributed by atoms with Gasteiger partial charge in [-0.3, -0.25) is 4.79 Å². The van der Waals surface area contributed by atoms with Gasteiger partial charge in [-0.25, -0.2) is 0 Å². The molecule has 0 aromatic heterocycles. The van der Waals surface area contributed by atoms with Crippen LogP contribution in [0.1, 0.15) is 24.2 Å². The molecule has 0 N–H and O–H groups in total. The van der Waals surface area contributed by atoms with Crippen molar-refractivity contribution < 1.29 is 9.53 Å². The number of ether oxygens (including phenoxy) is 1. The number of epoxide rings is 1. The average Bonchev–Trinajstić information content (AvgIpc) is 2.85. The molecule has 2 unspecified atom stereocenters. The van der Waals surface area contributed by atoms with Crippen LogP contribution in [0.25, 0.3) is 0 Å². The second-order valence-corrected chi connectivity index (χ2v) is 3.50. The van der Waals surface area contributed by atoms with E-state index in [0.29, 0.717) is 0 Å². The molecule has 0 radical (unpaired) electrons. The van der Waals surface area contributed by atoms with Gasteiger partial charge in [0, 0.05) is 0 Å². The second kappa shape index (κ2) is 2.96. The van der Waals surface area contributed by atoms with Gasteiger partial charge >= 0.3 is 0 Å². The highest BCUT2D eigenvalue weighted by molar-refractivity contribution is 5.83. The summed E-state index contributed by atoms with van der Waals surface area (Å²) in [6.45, 7) is 3.61. The van der Waals surface area contributed by atoms with Crippen LogP contribution in [-0.4, -0.2) is 11.9 Å². The van der Waals surface area contributed by atoms with Gasteiger partial charge in [0.2, 0.25) is 0 Å². The zero-order valence-corrected chi connectivity index (χ0v) is 7.78. The number of aryl methyl sites for hydroxylation is 1. The molecular formula is C11H12O2. The second-order valence-electron chi connectivity index (χ2n) is 3.50. The molecule has 1 aliphatic heterocycles. The molecule has 2 nitrogen and oxygen atoms in total. The summed E-state index contributed by atoms with van der Waals surface area (Å²) < 4.78 is 5.25. The summed E-state index contributed by atoms with van der Waals surface area (Å²) >= 11 is 0. The summed E-state index contributed by atoms with van der Waals surface area (Å²) in [5.74, 6) is 0.116. The maximum Gasteiger partial charge on any atom is 0.161 e. The summed E-state index contributed by atoms with van der Waals surface area (Å²) in [4.78, 5) is 10.9. The van der Waals surface area contributed by atoms with Crippen LogP contribution in [0, 0.1) is 6.92 Å². The molecule has 0 aliphatic carbocycles. The third-order valence-electron chi connectivity index (χ3n) is 2.30. The number of benzene rings is 1. The fraction of sp³-hybridized carbons (Fsp3) is 0.364. The third-order valence-corrected chi connectivity index (χ3v) is 2.30. The topological polar surface area (TPSA) is 29.6 Å². The first-order chi connectivity index (χ1) is 6.18. The smallest absolute Gasteiger partial charge is 0.161 e. The van der Waals surface area contributed by atoms with Crippen LogP contribution >= 0.6 is 0 Å². The molecule has 0 spiro atoms. The fourth-order valence-electron chi connectivity index (χ4n) is 1.43. The fourth-order valence-corrected chi connectivity index (χ4v) is 1.43. The van der Waals surface area contributed by atoms with E-state index in [0.717, 1.165) is 5.56 Å². The Balaban J connectivity index is 2.12. The summed E-state index contributed by atoms with van der Waals surface area (Å²) in [5, 5.41) is 0. The third kappa shape index (κ3) is 1.63. The van der Waals surface area contributed by atoms with Gasteiger partial charge in [0.1, 0.15) is 12.2 Å². The van der Waals surface area contributed by atoms with Gasteiger partial charge in [0.25, 0.3) is 0 Å². The van der Waals surface area contributed by atoms with Crippen molar-refractivity contribution in [1.29, 1.82) is 0 Å². The first-order valence-corrected chi connectivity index (χ1v) is 4.41. The van der Waals surface area contributed by atoms with Crippen molar-refractivity contribution in [3.63, 3.8) is 0 Å². The van der Waals surface area contributed by atoms with Crippen LogP contribution in [0.4, 0.5) is 0 Å². The minimum absolute atomic E-state index is 0.0121. The molecular weight excluding hydrogens is 164 g/mol. The highest BCUT2D eigenvalue weighted by Crippen LogP contribution is 2.38. The van der Waals surface area contributed by atoms with Crippen LogP contribution in [0.2, 0.25) is 0 Å². The number of hydrogen-bond acceptors (Lipinski definition) is 2. The quantitative estimate of drug-likeness (QED) is 0.645. The van der Waals surface area contributed by atoms with Crippen molar-refractivity contribution in [2.24, 2.45) is 0 Å². The molecule has 2 heteroatoms. The number of hydrogen-bond donors (Lipinski definition) is 0.